The maximum Gasteiger partial charge on any atom is 0.307 e. The number of ether oxygens (including phenoxy) is 1. The van der Waals surface area contributed by atoms with Crippen molar-refractivity contribution in [1.82, 2.24) is 0 Å². The number of carbonyl (C=O) groups excluding carboxylic acids is 3. The second kappa shape index (κ2) is 10.7. The molecule has 0 heterocycles. The van der Waals surface area contributed by atoms with Crippen LogP contribution in [0.15, 0.2) is 72.8 Å². The zero-order valence-corrected chi connectivity index (χ0v) is 18.7. The number of aryl methyl sites for hydroxylation is 2. The van der Waals surface area contributed by atoms with Crippen molar-refractivity contribution < 1.29 is 19.1 Å². The van der Waals surface area contributed by atoms with Gasteiger partial charge in [0.25, 0.3) is 0 Å². The van der Waals surface area contributed by atoms with Crippen molar-refractivity contribution in [2.24, 2.45) is 0 Å². The van der Waals surface area contributed by atoms with E-state index in [1.165, 1.54) is 0 Å². The molecule has 0 aliphatic rings. The van der Waals surface area contributed by atoms with Crippen molar-refractivity contribution in [3.05, 3.63) is 100 Å². The van der Waals surface area contributed by atoms with Crippen LogP contribution in [0, 0.1) is 13.8 Å². The zero-order valence-electron chi connectivity index (χ0n) is 17.9. The van der Waals surface area contributed by atoms with E-state index < -0.39 is 12.1 Å². The van der Waals surface area contributed by atoms with Crippen molar-refractivity contribution in [3.8, 4) is 0 Å². The number of hydrogen-bond acceptors (Lipinski definition) is 4. The molecule has 3 aromatic carbocycles. The third-order valence-electron chi connectivity index (χ3n) is 4.94. The third-order valence-corrected chi connectivity index (χ3v) is 5.19. The number of esters is 1. The molecule has 1 amide bonds. The van der Waals surface area contributed by atoms with Gasteiger partial charge < -0.3 is 10.1 Å². The first-order chi connectivity index (χ1) is 15.3. The molecule has 32 heavy (non-hydrogen) atoms. The maximum absolute atomic E-state index is 13.0. The summed E-state index contributed by atoms with van der Waals surface area (Å²) in [6.07, 6.45) is -1.33. The zero-order chi connectivity index (χ0) is 23.1. The number of halogens is 1. The molecule has 0 saturated heterocycles. The predicted octanol–water partition coefficient (Wildman–Crippen LogP) is 5.84. The van der Waals surface area contributed by atoms with E-state index in [0.29, 0.717) is 21.8 Å². The van der Waals surface area contributed by atoms with E-state index in [1.807, 2.05) is 32.0 Å². The number of hydrogen-bond donors (Lipinski definition) is 1. The minimum absolute atomic E-state index is 0.0565. The maximum atomic E-state index is 13.0. The van der Waals surface area contributed by atoms with E-state index in [1.54, 1.807) is 54.6 Å². The van der Waals surface area contributed by atoms with Gasteiger partial charge in [-0.3, -0.25) is 14.4 Å². The molecule has 0 radical (unpaired) electrons. The summed E-state index contributed by atoms with van der Waals surface area (Å²) >= 11 is 5.95. The molecule has 3 rings (SSSR count). The smallest absolute Gasteiger partial charge is 0.307 e. The lowest BCUT2D eigenvalue weighted by atomic mass is 10.00. The van der Waals surface area contributed by atoms with Crippen LogP contribution in [0.2, 0.25) is 5.02 Å². The quantitative estimate of drug-likeness (QED) is 0.346. The number of anilines is 1. The normalized spacial score (nSPS) is 11.5. The molecule has 1 N–H and O–H groups in total. The molecule has 0 aliphatic carbocycles. The summed E-state index contributed by atoms with van der Waals surface area (Å²) in [5.41, 5.74) is 3.60. The fourth-order valence-electron chi connectivity index (χ4n) is 3.15. The molecule has 0 spiro atoms. The number of amides is 1. The van der Waals surface area contributed by atoms with Gasteiger partial charge in [0.1, 0.15) is 0 Å². The van der Waals surface area contributed by atoms with E-state index in [2.05, 4.69) is 5.32 Å². The highest BCUT2D eigenvalue weighted by atomic mass is 35.5. The first-order valence-corrected chi connectivity index (χ1v) is 10.6. The lowest BCUT2D eigenvalue weighted by Crippen LogP contribution is -2.21. The van der Waals surface area contributed by atoms with E-state index in [9.17, 15) is 14.4 Å². The Bertz CT molecular complexity index is 1110. The number of Topliss-reactive ketones (excluding diaryl/α,β-unsaturated/α-hetero) is 1. The highest BCUT2D eigenvalue weighted by Crippen LogP contribution is 2.25. The monoisotopic (exact) mass is 449 g/mol. The van der Waals surface area contributed by atoms with Gasteiger partial charge in [-0.15, -0.1) is 0 Å². The van der Waals surface area contributed by atoms with Gasteiger partial charge in [-0.1, -0.05) is 66.2 Å². The van der Waals surface area contributed by atoms with Gasteiger partial charge in [-0.25, -0.2) is 0 Å². The van der Waals surface area contributed by atoms with Crippen molar-refractivity contribution >= 4 is 34.9 Å². The summed E-state index contributed by atoms with van der Waals surface area (Å²) in [4.78, 5) is 37.9. The Hall–Kier alpha value is -3.44. The van der Waals surface area contributed by atoms with Gasteiger partial charge in [0.15, 0.2) is 6.10 Å². The van der Waals surface area contributed by atoms with Crippen LogP contribution in [0.1, 0.15) is 46.0 Å². The van der Waals surface area contributed by atoms with Crippen LogP contribution >= 0.6 is 11.6 Å². The van der Waals surface area contributed by atoms with E-state index in [0.717, 1.165) is 11.1 Å². The molecular weight excluding hydrogens is 426 g/mol. The average Bonchev–Trinajstić information content (AvgIpc) is 2.79. The first kappa shape index (κ1) is 23.2. The van der Waals surface area contributed by atoms with Crippen molar-refractivity contribution in [2.45, 2.75) is 32.8 Å². The summed E-state index contributed by atoms with van der Waals surface area (Å²) in [6, 6.07) is 20.9. The lowest BCUT2D eigenvalue weighted by molar-refractivity contribution is -0.148. The first-order valence-electron chi connectivity index (χ1n) is 10.2. The van der Waals surface area contributed by atoms with Crippen molar-refractivity contribution in [2.75, 3.05) is 5.32 Å². The minimum atomic E-state index is -1.12. The van der Waals surface area contributed by atoms with Gasteiger partial charge >= 0.3 is 5.97 Å². The lowest BCUT2D eigenvalue weighted by Gasteiger charge is -2.18. The highest BCUT2D eigenvalue weighted by molar-refractivity contribution is 6.30. The van der Waals surface area contributed by atoms with Gasteiger partial charge in [0.05, 0.1) is 6.42 Å². The van der Waals surface area contributed by atoms with Crippen LogP contribution in [0.25, 0.3) is 0 Å². The van der Waals surface area contributed by atoms with Crippen LogP contribution in [0.5, 0.6) is 0 Å². The summed E-state index contributed by atoms with van der Waals surface area (Å²) in [5.74, 6) is -1.28. The molecule has 0 fully saturated rings. The molecule has 0 unspecified atom stereocenters. The molecule has 3 aromatic rings. The summed E-state index contributed by atoms with van der Waals surface area (Å²) in [7, 11) is 0. The van der Waals surface area contributed by atoms with Crippen LogP contribution in [0.3, 0.4) is 0 Å². The second-order valence-electron chi connectivity index (χ2n) is 7.52. The average molecular weight is 450 g/mol. The van der Waals surface area contributed by atoms with Gasteiger partial charge in [-0.2, -0.15) is 0 Å². The van der Waals surface area contributed by atoms with E-state index >= 15 is 0 Å². The fraction of sp³-hybridized carbons (Fsp3) is 0.192. The SMILES string of the molecule is Cc1ccc(C)c(NC(=O)CCC(=O)O[C@@H](C(=O)c2ccccc2)c2ccc(Cl)cc2)c1. The second-order valence-corrected chi connectivity index (χ2v) is 7.95. The molecule has 0 aromatic heterocycles. The molecule has 1 atom stereocenters. The third kappa shape index (κ3) is 6.28. The van der Waals surface area contributed by atoms with Crippen molar-refractivity contribution in [1.29, 1.82) is 0 Å². The molecule has 5 nitrogen and oxygen atoms in total. The molecular formula is C26H24ClNO4. The Morgan fingerprint density at radius 1 is 0.906 bits per heavy atom. The Morgan fingerprint density at radius 3 is 2.28 bits per heavy atom. The molecule has 6 heteroatoms. The van der Waals surface area contributed by atoms with E-state index in [4.69, 9.17) is 16.3 Å². The molecule has 0 bridgehead atoms. The van der Waals surface area contributed by atoms with Gasteiger partial charge in [-0.05, 0) is 43.2 Å². The van der Waals surface area contributed by atoms with Crippen molar-refractivity contribution in [3.63, 3.8) is 0 Å². The van der Waals surface area contributed by atoms with E-state index in [-0.39, 0.29) is 24.5 Å². The number of benzene rings is 3. The Morgan fingerprint density at radius 2 is 1.59 bits per heavy atom. The number of nitrogens with one attached hydrogen (secondary N) is 1. The Balaban J connectivity index is 1.67. The predicted molar refractivity (Wildman–Crippen MR) is 125 cm³/mol. The van der Waals surface area contributed by atoms with Crippen LogP contribution in [-0.2, 0) is 14.3 Å². The number of ketones is 1. The Labute approximate surface area is 192 Å². The van der Waals surface area contributed by atoms with Gasteiger partial charge in [0, 0.05) is 28.3 Å². The van der Waals surface area contributed by atoms with Crippen LogP contribution in [0.4, 0.5) is 5.69 Å². The standard InChI is InChI=1S/C26H24ClNO4/c1-17-8-9-18(2)22(16-17)28-23(29)14-15-24(30)32-26(20-10-12-21(27)13-11-20)25(31)19-6-4-3-5-7-19/h3-13,16,26H,14-15H2,1-2H3,(H,28,29)/t26-/m1/s1. The summed E-state index contributed by atoms with van der Waals surface area (Å²) < 4.78 is 5.52. The fourth-order valence-corrected chi connectivity index (χ4v) is 3.28. The van der Waals surface area contributed by atoms with Gasteiger partial charge in [0.2, 0.25) is 11.7 Å². The van der Waals surface area contributed by atoms with Crippen LogP contribution < -0.4 is 5.32 Å². The summed E-state index contributed by atoms with van der Waals surface area (Å²) in [5, 5.41) is 3.33. The minimum Gasteiger partial charge on any atom is -0.449 e. The molecule has 0 saturated carbocycles. The van der Waals surface area contributed by atoms with Crippen LogP contribution in [-0.4, -0.2) is 17.7 Å². The molecule has 164 valence electrons. The molecule has 0 aliphatic heterocycles. The topological polar surface area (TPSA) is 72.5 Å². The largest absolute Gasteiger partial charge is 0.449 e. The number of rotatable bonds is 8. The Kier molecular flexibility index (Phi) is 7.79. The number of carbonyl (C=O) groups is 3. The highest BCUT2D eigenvalue weighted by Gasteiger charge is 2.26. The summed E-state index contributed by atoms with van der Waals surface area (Å²) in [6.45, 7) is 3.84.